The van der Waals surface area contributed by atoms with Crippen LogP contribution in [-0.2, 0) is 6.42 Å². The highest BCUT2D eigenvalue weighted by molar-refractivity contribution is 5.16. The fourth-order valence-electron chi connectivity index (χ4n) is 3.49. The van der Waals surface area contributed by atoms with Crippen LogP contribution in [0.3, 0.4) is 0 Å². The van der Waals surface area contributed by atoms with E-state index >= 15 is 0 Å². The van der Waals surface area contributed by atoms with Crippen molar-refractivity contribution in [3.8, 4) is 0 Å². The zero-order valence-corrected chi connectivity index (χ0v) is 8.89. The summed E-state index contributed by atoms with van der Waals surface area (Å²) in [7, 11) is 0. The van der Waals surface area contributed by atoms with Crippen LogP contribution in [0.1, 0.15) is 31.2 Å². The minimum atomic E-state index is -0.412. The average Bonchev–Trinajstić information content (AvgIpc) is 2.78. The summed E-state index contributed by atoms with van der Waals surface area (Å²) >= 11 is 0. The Balaban J connectivity index is 1.78. The Hall–Kier alpha value is -0.890. The third kappa shape index (κ3) is 1.57. The maximum absolute atomic E-state index is 10.6. The lowest BCUT2D eigenvalue weighted by molar-refractivity contribution is -0.0125. The molecule has 0 radical (unpaired) electrons. The van der Waals surface area contributed by atoms with Gasteiger partial charge in [0.1, 0.15) is 0 Å². The van der Waals surface area contributed by atoms with Crippen molar-refractivity contribution in [3.05, 3.63) is 30.1 Å². The molecule has 2 nitrogen and oxygen atoms in total. The molecule has 2 saturated carbocycles. The van der Waals surface area contributed by atoms with Crippen LogP contribution in [0.25, 0.3) is 0 Å². The minimum Gasteiger partial charge on any atom is -0.389 e. The average molecular weight is 203 g/mol. The lowest BCUT2D eigenvalue weighted by Crippen LogP contribution is -2.37. The fourth-order valence-corrected chi connectivity index (χ4v) is 3.49. The van der Waals surface area contributed by atoms with Gasteiger partial charge in [-0.25, -0.2) is 0 Å². The fraction of sp³-hybridized carbons (Fsp3) is 0.615. The summed E-state index contributed by atoms with van der Waals surface area (Å²) in [5, 5.41) is 10.6. The van der Waals surface area contributed by atoms with Gasteiger partial charge in [-0.15, -0.1) is 0 Å². The number of aromatic nitrogens is 1. The van der Waals surface area contributed by atoms with Crippen LogP contribution in [0.5, 0.6) is 0 Å². The van der Waals surface area contributed by atoms with Gasteiger partial charge in [-0.2, -0.15) is 0 Å². The summed E-state index contributed by atoms with van der Waals surface area (Å²) in [5.41, 5.74) is 0.810. The second-order valence-electron chi connectivity index (χ2n) is 5.22. The SMILES string of the molecule is OC1(Cc2ccncc2)CC2CCC1C2. The lowest BCUT2D eigenvalue weighted by atomic mass is 9.80. The summed E-state index contributed by atoms with van der Waals surface area (Å²) in [5.74, 6) is 1.34. The van der Waals surface area contributed by atoms with Crippen molar-refractivity contribution in [2.24, 2.45) is 11.8 Å². The van der Waals surface area contributed by atoms with E-state index in [0.29, 0.717) is 5.92 Å². The molecule has 3 atom stereocenters. The largest absolute Gasteiger partial charge is 0.389 e. The molecule has 15 heavy (non-hydrogen) atoms. The summed E-state index contributed by atoms with van der Waals surface area (Å²) < 4.78 is 0. The van der Waals surface area contributed by atoms with Gasteiger partial charge in [0, 0.05) is 18.8 Å². The molecule has 2 fully saturated rings. The molecule has 0 aromatic carbocycles. The van der Waals surface area contributed by atoms with Crippen molar-refractivity contribution in [2.75, 3.05) is 0 Å². The molecule has 3 rings (SSSR count). The number of nitrogens with zero attached hydrogens (tertiary/aromatic N) is 1. The third-order valence-electron chi connectivity index (χ3n) is 4.20. The van der Waals surface area contributed by atoms with Gasteiger partial charge in [0.15, 0.2) is 0 Å². The Morgan fingerprint density at radius 3 is 2.73 bits per heavy atom. The summed E-state index contributed by atoms with van der Waals surface area (Å²) in [6, 6.07) is 4.04. The Morgan fingerprint density at radius 1 is 1.33 bits per heavy atom. The zero-order chi connectivity index (χ0) is 10.3. The molecule has 80 valence electrons. The Labute approximate surface area is 90.4 Å². The Bertz CT molecular complexity index is 351. The molecule has 2 bridgehead atoms. The number of pyridine rings is 1. The second-order valence-corrected chi connectivity index (χ2v) is 5.22. The number of hydrogen-bond donors (Lipinski definition) is 1. The lowest BCUT2D eigenvalue weighted by Gasteiger charge is -2.32. The number of fused-ring (bicyclic) bond motifs is 2. The van der Waals surface area contributed by atoms with Crippen molar-refractivity contribution in [1.82, 2.24) is 4.98 Å². The molecule has 2 aliphatic carbocycles. The van der Waals surface area contributed by atoms with Crippen LogP contribution in [0, 0.1) is 11.8 Å². The molecular formula is C13H17NO. The smallest absolute Gasteiger partial charge is 0.0718 e. The molecule has 0 saturated heterocycles. The molecule has 1 aromatic rings. The molecule has 1 aromatic heterocycles. The molecule has 1 heterocycles. The van der Waals surface area contributed by atoms with E-state index in [1.165, 1.54) is 24.8 Å². The normalized spacial score (nSPS) is 38.5. The van der Waals surface area contributed by atoms with Crippen LogP contribution < -0.4 is 0 Å². The molecule has 2 aliphatic rings. The van der Waals surface area contributed by atoms with Crippen LogP contribution in [-0.4, -0.2) is 15.7 Å². The van der Waals surface area contributed by atoms with Gasteiger partial charge in [0.25, 0.3) is 0 Å². The van der Waals surface area contributed by atoms with E-state index in [-0.39, 0.29) is 0 Å². The van der Waals surface area contributed by atoms with E-state index < -0.39 is 5.60 Å². The van der Waals surface area contributed by atoms with Crippen molar-refractivity contribution in [3.63, 3.8) is 0 Å². The van der Waals surface area contributed by atoms with Crippen LogP contribution in [0.15, 0.2) is 24.5 Å². The highest BCUT2D eigenvalue weighted by Gasteiger charge is 2.49. The van der Waals surface area contributed by atoms with Crippen molar-refractivity contribution in [2.45, 2.75) is 37.7 Å². The maximum Gasteiger partial charge on any atom is 0.0718 e. The zero-order valence-electron chi connectivity index (χ0n) is 8.89. The molecule has 3 unspecified atom stereocenters. The standard InChI is InChI=1S/C13H17NO/c15-13(8-10-3-5-14-6-4-10)9-11-1-2-12(13)7-11/h3-6,11-12,15H,1-2,7-9H2. The molecular weight excluding hydrogens is 186 g/mol. The van der Waals surface area contributed by atoms with Crippen LogP contribution >= 0.6 is 0 Å². The first-order valence-electron chi connectivity index (χ1n) is 5.87. The number of aliphatic hydroxyl groups is 1. The van der Waals surface area contributed by atoms with Gasteiger partial charge in [-0.1, -0.05) is 0 Å². The summed E-state index contributed by atoms with van der Waals surface area (Å²) in [6.07, 6.45) is 9.27. The van der Waals surface area contributed by atoms with Crippen molar-refractivity contribution in [1.29, 1.82) is 0 Å². The van der Waals surface area contributed by atoms with E-state index in [1.54, 1.807) is 0 Å². The molecule has 0 spiro atoms. The topological polar surface area (TPSA) is 33.1 Å². The highest BCUT2D eigenvalue weighted by atomic mass is 16.3. The molecule has 0 amide bonds. The first-order chi connectivity index (χ1) is 7.26. The Kier molecular flexibility index (Phi) is 2.06. The molecule has 1 N–H and O–H groups in total. The molecule has 2 heteroatoms. The van der Waals surface area contributed by atoms with Crippen LogP contribution in [0.2, 0.25) is 0 Å². The second kappa shape index (κ2) is 3.31. The molecule has 0 aliphatic heterocycles. The van der Waals surface area contributed by atoms with Gasteiger partial charge in [-0.05, 0) is 55.2 Å². The van der Waals surface area contributed by atoms with Gasteiger partial charge in [0.05, 0.1) is 5.60 Å². The predicted molar refractivity (Wildman–Crippen MR) is 58.3 cm³/mol. The summed E-state index contributed by atoms with van der Waals surface area (Å²) in [4.78, 5) is 4.01. The van der Waals surface area contributed by atoms with Gasteiger partial charge >= 0.3 is 0 Å². The number of rotatable bonds is 2. The Morgan fingerprint density at radius 2 is 2.13 bits per heavy atom. The maximum atomic E-state index is 10.6. The van der Waals surface area contributed by atoms with Crippen molar-refractivity contribution < 1.29 is 5.11 Å². The van der Waals surface area contributed by atoms with Crippen molar-refractivity contribution >= 4 is 0 Å². The van der Waals surface area contributed by atoms with E-state index in [9.17, 15) is 5.11 Å². The van der Waals surface area contributed by atoms with Gasteiger partial charge in [-0.3, -0.25) is 4.98 Å². The van der Waals surface area contributed by atoms with E-state index in [2.05, 4.69) is 4.98 Å². The van der Waals surface area contributed by atoms with E-state index in [1.807, 2.05) is 24.5 Å². The summed E-state index contributed by atoms with van der Waals surface area (Å²) in [6.45, 7) is 0. The van der Waals surface area contributed by atoms with Crippen LogP contribution in [0.4, 0.5) is 0 Å². The minimum absolute atomic E-state index is 0.412. The number of hydrogen-bond acceptors (Lipinski definition) is 2. The third-order valence-corrected chi connectivity index (χ3v) is 4.20. The monoisotopic (exact) mass is 203 g/mol. The van der Waals surface area contributed by atoms with E-state index in [4.69, 9.17) is 0 Å². The van der Waals surface area contributed by atoms with Gasteiger partial charge in [0.2, 0.25) is 0 Å². The quantitative estimate of drug-likeness (QED) is 0.799. The predicted octanol–water partition coefficient (Wildman–Crippen LogP) is 2.18. The highest BCUT2D eigenvalue weighted by Crippen LogP contribution is 2.51. The first-order valence-corrected chi connectivity index (χ1v) is 5.87. The van der Waals surface area contributed by atoms with E-state index in [0.717, 1.165) is 18.8 Å². The van der Waals surface area contributed by atoms with Gasteiger partial charge < -0.3 is 5.11 Å². The first kappa shape index (κ1) is 9.34.